The van der Waals surface area contributed by atoms with E-state index in [9.17, 15) is 13.2 Å². The normalized spacial score (nSPS) is 13.9. The van der Waals surface area contributed by atoms with Gasteiger partial charge in [0, 0.05) is 21.4 Å². The van der Waals surface area contributed by atoms with Gasteiger partial charge in [-0.05, 0) is 84.1 Å². The molecular formula is C16H15IN2O3S. The van der Waals surface area contributed by atoms with E-state index in [1.807, 2.05) is 24.3 Å². The van der Waals surface area contributed by atoms with Gasteiger partial charge in [0.25, 0.3) is 5.91 Å². The molecule has 1 heterocycles. The molecule has 0 atom stereocenters. The molecule has 0 saturated carbocycles. The van der Waals surface area contributed by atoms with Gasteiger partial charge in [-0.25, -0.2) is 13.1 Å². The number of carbonyl (C=O) groups is 1. The number of hydrogen-bond acceptors (Lipinski definition) is 3. The van der Waals surface area contributed by atoms with Crippen molar-refractivity contribution in [2.75, 3.05) is 18.5 Å². The molecule has 0 radical (unpaired) electrons. The third-order valence-corrected chi connectivity index (χ3v) is 5.99. The van der Waals surface area contributed by atoms with Crippen LogP contribution in [0.1, 0.15) is 15.9 Å². The fraction of sp³-hybridized carbons (Fsp3) is 0.188. The molecule has 5 nitrogen and oxygen atoms in total. The second-order valence-electron chi connectivity index (χ2n) is 5.21. The zero-order valence-corrected chi connectivity index (χ0v) is 15.4. The Hall–Kier alpha value is -1.45. The highest BCUT2D eigenvalue weighted by atomic mass is 127. The zero-order valence-electron chi connectivity index (χ0n) is 12.4. The maximum atomic E-state index is 12.7. The van der Waals surface area contributed by atoms with Crippen LogP contribution < -0.4 is 9.62 Å². The van der Waals surface area contributed by atoms with E-state index in [0.717, 1.165) is 14.8 Å². The molecule has 0 aromatic heterocycles. The lowest BCUT2D eigenvalue weighted by Gasteiger charge is -2.17. The largest absolute Gasteiger partial charge is 0.308 e. The Balaban J connectivity index is 1.93. The first kappa shape index (κ1) is 16.4. The molecule has 0 fully saturated rings. The molecule has 7 heteroatoms. The van der Waals surface area contributed by atoms with Crippen molar-refractivity contribution in [2.45, 2.75) is 11.3 Å². The summed E-state index contributed by atoms with van der Waals surface area (Å²) >= 11 is 2.20. The summed E-state index contributed by atoms with van der Waals surface area (Å²) in [5.74, 6) is -0.0654. The highest BCUT2D eigenvalue weighted by Gasteiger charge is 2.27. The van der Waals surface area contributed by atoms with Crippen LogP contribution in [-0.2, 0) is 16.4 Å². The van der Waals surface area contributed by atoms with Gasteiger partial charge in [0.05, 0.1) is 4.90 Å². The molecule has 0 saturated heterocycles. The van der Waals surface area contributed by atoms with E-state index < -0.39 is 10.0 Å². The minimum Gasteiger partial charge on any atom is -0.308 e. The van der Waals surface area contributed by atoms with E-state index in [1.165, 1.54) is 13.1 Å². The van der Waals surface area contributed by atoms with Crippen molar-refractivity contribution < 1.29 is 13.2 Å². The van der Waals surface area contributed by atoms with Crippen molar-refractivity contribution in [1.29, 1.82) is 0 Å². The second kappa shape index (κ2) is 6.21. The summed E-state index contributed by atoms with van der Waals surface area (Å²) in [6.45, 7) is 0.559. The molecule has 120 valence electrons. The van der Waals surface area contributed by atoms with Gasteiger partial charge in [-0.15, -0.1) is 0 Å². The van der Waals surface area contributed by atoms with Gasteiger partial charge in [-0.3, -0.25) is 4.79 Å². The highest BCUT2D eigenvalue weighted by molar-refractivity contribution is 14.1. The van der Waals surface area contributed by atoms with Crippen LogP contribution in [0.25, 0.3) is 0 Å². The Kier molecular flexibility index (Phi) is 4.43. The van der Waals surface area contributed by atoms with Crippen molar-refractivity contribution in [3.05, 3.63) is 57.2 Å². The molecule has 2 aromatic rings. The van der Waals surface area contributed by atoms with Crippen LogP contribution in [0.2, 0.25) is 0 Å². The number of benzene rings is 2. The van der Waals surface area contributed by atoms with Crippen LogP contribution in [0.5, 0.6) is 0 Å². The highest BCUT2D eigenvalue weighted by Crippen LogP contribution is 2.31. The minimum absolute atomic E-state index is 0.0654. The molecule has 0 bridgehead atoms. The summed E-state index contributed by atoms with van der Waals surface area (Å²) in [5.41, 5.74) is 2.29. The van der Waals surface area contributed by atoms with Crippen LogP contribution >= 0.6 is 22.6 Å². The molecule has 1 N–H and O–H groups in total. The quantitative estimate of drug-likeness (QED) is 0.743. The van der Waals surface area contributed by atoms with Gasteiger partial charge in [0.2, 0.25) is 10.0 Å². The van der Waals surface area contributed by atoms with Gasteiger partial charge in [0.15, 0.2) is 0 Å². The minimum atomic E-state index is -3.47. The van der Waals surface area contributed by atoms with E-state index in [2.05, 4.69) is 27.3 Å². The lowest BCUT2D eigenvalue weighted by Crippen LogP contribution is -2.28. The fourth-order valence-corrected chi connectivity index (χ4v) is 3.76. The molecule has 2 aromatic carbocycles. The van der Waals surface area contributed by atoms with Crippen LogP contribution in [0.15, 0.2) is 47.4 Å². The molecule has 0 spiro atoms. The van der Waals surface area contributed by atoms with Gasteiger partial charge >= 0.3 is 0 Å². The lowest BCUT2D eigenvalue weighted by atomic mass is 10.1. The number of amides is 1. The van der Waals surface area contributed by atoms with Crippen molar-refractivity contribution in [1.82, 2.24) is 4.72 Å². The molecule has 0 aliphatic carbocycles. The van der Waals surface area contributed by atoms with Gasteiger partial charge < -0.3 is 4.90 Å². The summed E-state index contributed by atoms with van der Waals surface area (Å²) in [6.07, 6.45) is 0.651. The molecule has 1 aliphatic rings. The molecule has 23 heavy (non-hydrogen) atoms. The average Bonchev–Trinajstić information content (AvgIpc) is 2.98. The zero-order chi connectivity index (χ0) is 16.6. The van der Waals surface area contributed by atoms with E-state index >= 15 is 0 Å². The topological polar surface area (TPSA) is 66.5 Å². The number of fused-ring (bicyclic) bond motifs is 1. The Bertz CT molecular complexity index is 863. The SMILES string of the molecule is CNS(=O)(=O)c1ccc2c(c1)CCN2C(=O)c1ccc(I)cc1. The Morgan fingerprint density at radius 2 is 1.87 bits per heavy atom. The average molecular weight is 442 g/mol. The van der Waals surface area contributed by atoms with Crippen molar-refractivity contribution in [3.63, 3.8) is 0 Å². The molecule has 1 aliphatic heterocycles. The monoisotopic (exact) mass is 442 g/mol. The third kappa shape index (κ3) is 3.13. The molecule has 3 rings (SSSR count). The summed E-state index contributed by atoms with van der Waals surface area (Å²) in [6, 6.07) is 12.3. The summed E-state index contributed by atoms with van der Waals surface area (Å²) in [4.78, 5) is 14.6. The first-order valence-electron chi connectivity index (χ1n) is 7.06. The molecule has 1 amide bonds. The van der Waals surface area contributed by atoms with Crippen LogP contribution in [0.3, 0.4) is 0 Å². The summed E-state index contributed by atoms with van der Waals surface area (Å²) in [7, 11) is -2.08. The number of hydrogen-bond donors (Lipinski definition) is 1. The second-order valence-corrected chi connectivity index (χ2v) is 8.34. The van der Waals surface area contributed by atoms with Crippen LogP contribution in [-0.4, -0.2) is 27.9 Å². The van der Waals surface area contributed by atoms with Gasteiger partial charge in [0.1, 0.15) is 0 Å². The van der Waals surface area contributed by atoms with E-state index in [-0.39, 0.29) is 10.8 Å². The third-order valence-electron chi connectivity index (χ3n) is 3.86. The first-order chi connectivity index (χ1) is 10.9. The smallest absolute Gasteiger partial charge is 0.258 e. The Morgan fingerprint density at radius 1 is 1.17 bits per heavy atom. The Labute approximate surface area is 148 Å². The number of rotatable bonds is 3. The van der Waals surface area contributed by atoms with Crippen LogP contribution in [0.4, 0.5) is 5.69 Å². The molecule has 0 unspecified atom stereocenters. The predicted molar refractivity (Wildman–Crippen MR) is 97.2 cm³/mol. The lowest BCUT2D eigenvalue weighted by molar-refractivity contribution is 0.0989. The summed E-state index contributed by atoms with van der Waals surface area (Å²) in [5, 5.41) is 0. The standard InChI is InChI=1S/C16H15IN2O3S/c1-18-23(21,22)14-6-7-15-12(10-14)8-9-19(15)16(20)11-2-4-13(17)5-3-11/h2-7,10,18H,8-9H2,1H3. The van der Waals surface area contributed by atoms with Crippen LogP contribution in [0, 0.1) is 3.57 Å². The first-order valence-corrected chi connectivity index (χ1v) is 9.62. The van der Waals surface area contributed by atoms with E-state index in [4.69, 9.17) is 0 Å². The predicted octanol–water partition coefficient (Wildman–Crippen LogP) is 2.40. The Morgan fingerprint density at radius 3 is 2.52 bits per heavy atom. The van der Waals surface area contributed by atoms with E-state index in [0.29, 0.717) is 18.5 Å². The number of halogens is 1. The number of carbonyl (C=O) groups excluding carboxylic acids is 1. The van der Waals surface area contributed by atoms with Gasteiger partial charge in [-0.1, -0.05) is 0 Å². The number of nitrogens with zero attached hydrogens (tertiary/aromatic N) is 1. The molecular weight excluding hydrogens is 427 g/mol. The maximum Gasteiger partial charge on any atom is 0.258 e. The number of anilines is 1. The van der Waals surface area contributed by atoms with Crippen molar-refractivity contribution in [2.24, 2.45) is 0 Å². The van der Waals surface area contributed by atoms with E-state index in [1.54, 1.807) is 17.0 Å². The summed E-state index contributed by atoms with van der Waals surface area (Å²) < 4.78 is 27.1. The van der Waals surface area contributed by atoms with Gasteiger partial charge in [-0.2, -0.15) is 0 Å². The maximum absolute atomic E-state index is 12.7. The fourth-order valence-electron chi connectivity index (χ4n) is 2.62. The van der Waals surface area contributed by atoms with Crippen molar-refractivity contribution >= 4 is 44.2 Å². The number of nitrogens with one attached hydrogen (secondary N) is 1. The van der Waals surface area contributed by atoms with Crippen molar-refractivity contribution in [3.8, 4) is 0 Å². The number of sulfonamides is 1.